The van der Waals surface area contributed by atoms with Gasteiger partial charge in [-0.1, -0.05) is 32.0 Å². The normalized spacial score (nSPS) is 17.7. The molecular weight excluding hydrogens is 240 g/mol. The molecule has 0 spiro atoms. The third-order valence-corrected chi connectivity index (χ3v) is 4.24. The maximum absolute atomic E-state index is 5.67. The van der Waals surface area contributed by atoms with Crippen LogP contribution in [0.1, 0.15) is 43.7 Å². The fraction of sp³-hybridized carbons (Fsp3) is 0.533. The summed E-state index contributed by atoms with van der Waals surface area (Å²) in [6.45, 7) is 5.49. The van der Waals surface area contributed by atoms with Gasteiger partial charge in [0.15, 0.2) is 0 Å². The van der Waals surface area contributed by atoms with Crippen LogP contribution in [-0.4, -0.2) is 11.5 Å². The van der Waals surface area contributed by atoms with Gasteiger partial charge >= 0.3 is 0 Å². The van der Waals surface area contributed by atoms with Crippen molar-refractivity contribution < 1.29 is 0 Å². The highest BCUT2D eigenvalue weighted by Gasteiger charge is 2.28. The Balaban J connectivity index is 2.02. The van der Waals surface area contributed by atoms with E-state index < -0.39 is 0 Å². The number of aryl methyl sites for hydroxylation is 1. The Hall–Kier alpha value is -1.09. The van der Waals surface area contributed by atoms with Gasteiger partial charge in [0.05, 0.1) is 0 Å². The van der Waals surface area contributed by atoms with Crippen LogP contribution < -0.4 is 11.1 Å². The molecule has 0 radical (unpaired) electrons. The van der Waals surface area contributed by atoms with E-state index in [1.807, 2.05) is 6.07 Å². The van der Waals surface area contributed by atoms with Crippen LogP contribution in [0.25, 0.3) is 0 Å². The predicted octanol–water partition coefficient (Wildman–Crippen LogP) is 3.62. The molecule has 1 fully saturated rings. The average molecular weight is 262 g/mol. The fourth-order valence-electron chi connectivity index (χ4n) is 2.77. The minimum atomic E-state index is 0.468. The van der Waals surface area contributed by atoms with Crippen LogP contribution in [0.15, 0.2) is 18.2 Å². The molecule has 0 atom stereocenters. The van der Waals surface area contributed by atoms with E-state index in [1.54, 1.807) is 0 Å². The number of thiocarbonyl (C=S) groups is 1. The zero-order valence-corrected chi connectivity index (χ0v) is 12.1. The summed E-state index contributed by atoms with van der Waals surface area (Å²) < 4.78 is 0. The quantitative estimate of drug-likeness (QED) is 0.814. The topological polar surface area (TPSA) is 38.0 Å². The summed E-state index contributed by atoms with van der Waals surface area (Å²) in [4.78, 5) is 0.474. The maximum Gasteiger partial charge on any atom is 0.104 e. The second-order valence-electron chi connectivity index (χ2n) is 5.77. The van der Waals surface area contributed by atoms with Crippen molar-refractivity contribution in [2.45, 2.75) is 39.5 Å². The molecule has 2 nitrogen and oxygen atoms in total. The standard InChI is InChI=1S/C15H22N2S/c1-11-9-12(5-6-13(11)14(16)18)17-10-15(2)7-3-4-8-15/h5-6,9,17H,3-4,7-8,10H2,1-2H3,(H2,16,18). The van der Waals surface area contributed by atoms with Crippen LogP contribution in [0, 0.1) is 12.3 Å². The van der Waals surface area contributed by atoms with Crippen molar-refractivity contribution in [1.29, 1.82) is 0 Å². The number of hydrogen-bond donors (Lipinski definition) is 2. The first-order valence-electron chi connectivity index (χ1n) is 6.65. The third-order valence-electron chi connectivity index (χ3n) is 4.02. The maximum atomic E-state index is 5.67. The molecule has 0 aromatic heterocycles. The van der Waals surface area contributed by atoms with Crippen molar-refractivity contribution in [2.24, 2.45) is 11.1 Å². The molecule has 1 aromatic rings. The van der Waals surface area contributed by atoms with Crippen molar-refractivity contribution >= 4 is 22.9 Å². The van der Waals surface area contributed by atoms with E-state index in [-0.39, 0.29) is 0 Å². The molecule has 0 unspecified atom stereocenters. The average Bonchev–Trinajstić information content (AvgIpc) is 2.74. The van der Waals surface area contributed by atoms with Gasteiger partial charge in [-0.05, 0) is 48.9 Å². The van der Waals surface area contributed by atoms with E-state index in [0.717, 1.165) is 17.7 Å². The van der Waals surface area contributed by atoms with Crippen LogP contribution in [0.2, 0.25) is 0 Å². The number of rotatable bonds is 4. The zero-order valence-electron chi connectivity index (χ0n) is 11.3. The molecule has 1 aromatic carbocycles. The molecule has 18 heavy (non-hydrogen) atoms. The lowest BCUT2D eigenvalue weighted by atomic mass is 9.89. The van der Waals surface area contributed by atoms with Gasteiger partial charge < -0.3 is 11.1 Å². The van der Waals surface area contributed by atoms with Gasteiger partial charge in [0, 0.05) is 17.8 Å². The summed E-state index contributed by atoms with van der Waals surface area (Å²) >= 11 is 5.02. The first-order chi connectivity index (χ1) is 8.50. The number of anilines is 1. The largest absolute Gasteiger partial charge is 0.389 e. The summed E-state index contributed by atoms with van der Waals surface area (Å²) in [5.74, 6) is 0. The van der Waals surface area contributed by atoms with E-state index in [2.05, 4.69) is 31.3 Å². The molecule has 0 aliphatic heterocycles. The first-order valence-corrected chi connectivity index (χ1v) is 7.05. The smallest absolute Gasteiger partial charge is 0.104 e. The Labute approximate surface area is 115 Å². The van der Waals surface area contributed by atoms with Gasteiger partial charge in [0.25, 0.3) is 0 Å². The van der Waals surface area contributed by atoms with Gasteiger partial charge in [-0.25, -0.2) is 0 Å². The highest BCUT2D eigenvalue weighted by atomic mass is 32.1. The summed E-state index contributed by atoms with van der Waals surface area (Å²) in [6.07, 6.45) is 5.42. The predicted molar refractivity (Wildman–Crippen MR) is 82.1 cm³/mol. The fourth-order valence-corrected chi connectivity index (χ4v) is 3.00. The van der Waals surface area contributed by atoms with Crippen molar-refractivity contribution in [2.75, 3.05) is 11.9 Å². The van der Waals surface area contributed by atoms with E-state index in [1.165, 1.54) is 31.4 Å². The second-order valence-corrected chi connectivity index (χ2v) is 6.21. The van der Waals surface area contributed by atoms with Gasteiger partial charge in [0.2, 0.25) is 0 Å². The second kappa shape index (κ2) is 5.27. The SMILES string of the molecule is Cc1cc(NCC2(C)CCCC2)ccc1C(N)=S. The van der Waals surface area contributed by atoms with Crippen molar-refractivity contribution in [3.63, 3.8) is 0 Å². The van der Waals surface area contributed by atoms with E-state index >= 15 is 0 Å². The Kier molecular flexibility index (Phi) is 3.91. The molecule has 3 heteroatoms. The Bertz CT molecular complexity index is 448. The van der Waals surface area contributed by atoms with Gasteiger partial charge in [-0.15, -0.1) is 0 Å². The van der Waals surface area contributed by atoms with Crippen LogP contribution in [0.4, 0.5) is 5.69 Å². The lowest BCUT2D eigenvalue weighted by molar-refractivity contribution is 0.362. The first kappa shape index (κ1) is 13.3. The molecule has 2 rings (SSSR count). The molecule has 0 bridgehead atoms. The minimum absolute atomic E-state index is 0.468. The summed E-state index contributed by atoms with van der Waals surface area (Å²) in [6, 6.07) is 6.21. The zero-order chi connectivity index (χ0) is 13.2. The lowest BCUT2D eigenvalue weighted by Crippen LogP contribution is -2.23. The van der Waals surface area contributed by atoms with Gasteiger partial charge in [-0.3, -0.25) is 0 Å². The monoisotopic (exact) mass is 262 g/mol. The number of benzene rings is 1. The van der Waals surface area contributed by atoms with Crippen molar-refractivity contribution in [3.05, 3.63) is 29.3 Å². The summed E-state index contributed by atoms with van der Waals surface area (Å²) in [5.41, 5.74) is 9.42. The van der Waals surface area contributed by atoms with Crippen molar-refractivity contribution in [1.82, 2.24) is 0 Å². The molecule has 0 saturated heterocycles. The number of nitrogens with one attached hydrogen (secondary N) is 1. The molecule has 1 saturated carbocycles. The van der Waals surface area contributed by atoms with Crippen LogP contribution >= 0.6 is 12.2 Å². The summed E-state index contributed by atoms with van der Waals surface area (Å²) in [7, 11) is 0. The highest BCUT2D eigenvalue weighted by Crippen LogP contribution is 2.37. The van der Waals surface area contributed by atoms with Gasteiger partial charge in [0.1, 0.15) is 4.99 Å². The lowest BCUT2D eigenvalue weighted by Gasteiger charge is -2.24. The van der Waals surface area contributed by atoms with Crippen LogP contribution in [-0.2, 0) is 0 Å². The van der Waals surface area contributed by atoms with E-state index in [0.29, 0.717) is 10.4 Å². The third kappa shape index (κ3) is 3.02. The molecule has 1 aliphatic rings. The molecule has 0 heterocycles. The Morgan fingerprint density at radius 2 is 2.06 bits per heavy atom. The molecule has 98 valence electrons. The van der Waals surface area contributed by atoms with E-state index in [4.69, 9.17) is 18.0 Å². The molecular formula is C15H22N2S. The highest BCUT2D eigenvalue weighted by molar-refractivity contribution is 7.80. The Morgan fingerprint density at radius 3 is 2.61 bits per heavy atom. The van der Waals surface area contributed by atoms with Crippen LogP contribution in [0.5, 0.6) is 0 Å². The summed E-state index contributed by atoms with van der Waals surface area (Å²) in [5, 5.41) is 3.55. The minimum Gasteiger partial charge on any atom is -0.389 e. The molecule has 1 aliphatic carbocycles. The number of hydrogen-bond acceptors (Lipinski definition) is 2. The molecule has 3 N–H and O–H groups in total. The molecule has 0 amide bonds. The van der Waals surface area contributed by atoms with Crippen molar-refractivity contribution in [3.8, 4) is 0 Å². The van der Waals surface area contributed by atoms with Crippen LogP contribution in [0.3, 0.4) is 0 Å². The number of nitrogens with two attached hydrogens (primary N) is 1. The van der Waals surface area contributed by atoms with E-state index in [9.17, 15) is 0 Å². The Morgan fingerprint density at radius 1 is 1.39 bits per heavy atom. The van der Waals surface area contributed by atoms with Gasteiger partial charge in [-0.2, -0.15) is 0 Å².